The number of H-pyrrole nitrogens is 1. The van der Waals surface area contributed by atoms with Crippen LogP contribution in [0.3, 0.4) is 0 Å². The Morgan fingerprint density at radius 3 is 2.90 bits per heavy atom. The van der Waals surface area contributed by atoms with Gasteiger partial charge in [0.25, 0.3) is 5.56 Å². The summed E-state index contributed by atoms with van der Waals surface area (Å²) in [5, 5.41) is 3.95. The summed E-state index contributed by atoms with van der Waals surface area (Å²) in [5.41, 5.74) is 0.606. The Kier molecular flexibility index (Phi) is 4.05. The average molecular weight is 320 g/mol. The topological polar surface area (TPSA) is 57.8 Å². The smallest absolute Gasteiger partial charge is 0.258 e. The highest BCUT2D eigenvalue weighted by Crippen LogP contribution is 2.26. The second-order valence-electron chi connectivity index (χ2n) is 4.77. The highest BCUT2D eigenvalue weighted by atomic mass is 35.5. The first-order valence-corrected chi connectivity index (χ1v) is 7.79. The van der Waals surface area contributed by atoms with Gasteiger partial charge in [0.15, 0.2) is 0 Å². The predicted molar refractivity (Wildman–Crippen MR) is 86.9 cm³/mol. The van der Waals surface area contributed by atoms with Crippen LogP contribution in [-0.2, 0) is 6.54 Å². The van der Waals surface area contributed by atoms with Crippen molar-refractivity contribution in [3.8, 4) is 0 Å². The standard InChI is InChI=1S/C15H14ClN3OS/c1-9(12-6-7-13(16)21-12)17-8-14-18-11-5-3-2-4-10(11)15(20)19-14/h2-7,9,17H,8H2,1H3,(H,18,19,20). The van der Waals surface area contributed by atoms with Gasteiger partial charge >= 0.3 is 0 Å². The number of thiophene rings is 1. The molecule has 0 aliphatic heterocycles. The molecule has 1 atom stereocenters. The van der Waals surface area contributed by atoms with Crippen LogP contribution in [0.5, 0.6) is 0 Å². The van der Waals surface area contributed by atoms with Crippen LogP contribution in [0.15, 0.2) is 41.2 Å². The lowest BCUT2D eigenvalue weighted by molar-refractivity contribution is 0.567. The van der Waals surface area contributed by atoms with Gasteiger partial charge in [-0.3, -0.25) is 4.79 Å². The lowest BCUT2D eigenvalue weighted by Crippen LogP contribution is -2.21. The van der Waals surface area contributed by atoms with E-state index in [0.29, 0.717) is 23.3 Å². The summed E-state index contributed by atoms with van der Waals surface area (Å²) >= 11 is 7.49. The van der Waals surface area contributed by atoms with Crippen LogP contribution in [0.1, 0.15) is 23.7 Å². The SMILES string of the molecule is CC(NCc1nc2ccccc2c(=O)[nH]1)c1ccc(Cl)s1. The molecule has 0 radical (unpaired) electrons. The van der Waals surface area contributed by atoms with E-state index in [2.05, 4.69) is 22.2 Å². The molecule has 0 amide bonds. The van der Waals surface area contributed by atoms with Crippen LogP contribution in [0.4, 0.5) is 0 Å². The molecule has 0 spiro atoms. The second-order valence-corrected chi connectivity index (χ2v) is 6.52. The number of aromatic nitrogens is 2. The summed E-state index contributed by atoms with van der Waals surface area (Å²) in [6, 6.07) is 11.4. The number of fused-ring (bicyclic) bond motifs is 1. The van der Waals surface area contributed by atoms with Gasteiger partial charge in [0, 0.05) is 10.9 Å². The summed E-state index contributed by atoms with van der Waals surface area (Å²) in [5.74, 6) is 0.633. The van der Waals surface area contributed by atoms with Crippen molar-refractivity contribution in [2.45, 2.75) is 19.5 Å². The minimum absolute atomic E-state index is 0.107. The van der Waals surface area contributed by atoms with Gasteiger partial charge < -0.3 is 10.3 Å². The first-order valence-electron chi connectivity index (χ1n) is 6.60. The first kappa shape index (κ1) is 14.3. The first-order chi connectivity index (χ1) is 10.1. The summed E-state index contributed by atoms with van der Waals surface area (Å²) < 4.78 is 0.774. The maximum Gasteiger partial charge on any atom is 0.258 e. The van der Waals surface area contributed by atoms with E-state index in [1.807, 2.05) is 30.3 Å². The van der Waals surface area contributed by atoms with Crippen LogP contribution in [0.25, 0.3) is 10.9 Å². The summed E-state index contributed by atoms with van der Waals surface area (Å²) in [7, 11) is 0. The van der Waals surface area contributed by atoms with E-state index in [1.165, 1.54) is 0 Å². The van der Waals surface area contributed by atoms with Gasteiger partial charge in [0.05, 0.1) is 21.8 Å². The lowest BCUT2D eigenvalue weighted by Gasteiger charge is -2.11. The second kappa shape index (κ2) is 5.97. The molecule has 4 nitrogen and oxygen atoms in total. The van der Waals surface area contributed by atoms with E-state index >= 15 is 0 Å². The molecule has 3 aromatic rings. The molecule has 21 heavy (non-hydrogen) atoms. The van der Waals surface area contributed by atoms with Gasteiger partial charge in [-0.25, -0.2) is 4.98 Å². The highest BCUT2D eigenvalue weighted by Gasteiger charge is 2.09. The number of benzene rings is 1. The van der Waals surface area contributed by atoms with Crippen molar-refractivity contribution >= 4 is 33.8 Å². The van der Waals surface area contributed by atoms with Crippen LogP contribution in [0.2, 0.25) is 4.34 Å². The van der Waals surface area contributed by atoms with Crippen LogP contribution in [-0.4, -0.2) is 9.97 Å². The number of hydrogen-bond donors (Lipinski definition) is 2. The number of nitrogens with zero attached hydrogens (tertiary/aromatic N) is 1. The normalized spacial score (nSPS) is 12.7. The zero-order valence-electron chi connectivity index (χ0n) is 11.4. The third-order valence-corrected chi connectivity index (χ3v) is 4.67. The number of halogens is 1. The molecule has 2 N–H and O–H groups in total. The van der Waals surface area contributed by atoms with Crippen LogP contribution < -0.4 is 10.9 Å². The van der Waals surface area contributed by atoms with Crippen molar-refractivity contribution in [1.29, 1.82) is 0 Å². The molecule has 6 heteroatoms. The van der Waals surface area contributed by atoms with E-state index < -0.39 is 0 Å². The van der Waals surface area contributed by atoms with Gasteiger partial charge in [-0.1, -0.05) is 23.7 Å². The van der Waals surface area contributed by atoms with Crippen molar-refractivity contribution in [3.63, 3.8) is 0 Å². The number of nitrogens with one attached hydrogen (secondary N) is 2. The number of hydrogen-bond acceptors (Lipinski definition) is 4. The van der Waals surface area contributed by atoms with E-state index in [9.17, 15) is 4.79 Å². The number of aromatic amines is 1. The van der Waals surface area contributed by atoms with E-state index in [1.54, 1.807) is 17.4 Å². The van der Waals surface area contributed by atoms with Crippen molar-refractivity contribution < 1.29 is 0 Å². The molecule has 108 valence electrons. The Morgan fingerprint density at radius 2 is 2.14 bits per heavy atom. The van der Waals surface area contributed by atoms with Crippen molar-refractivity contribution in [3.05, 3.63) is 61.8 Å². The summed E-state index contributed by atoms with van der Waals surface area (Å²) in [6.07, 6.45) is 0. The maximum absolute atomic E-state index is 12.0. The zero-order valence-corrected chi connectivity index (χ0v) is 13.0. The Morgan fingerprint density at radius 1 is 1.33 bits per heavy atom. The molecular weight excluding hydrogens is 306 g/mol. The molecule has 2 aromatic heterocycles. The molecule has 0 saturated heterocycles. The Bertz CT molecular complexity index is 827. The summed E-state index contributed by atoms with van der Waals surface area (Å²) in [4.78, 5) is 20.4. The zero-order chi connectivity index (χ0) is 14.8. The largest absolute Gasteiger partial charge is 0.309 e. The Labute approximate surface area is 130 Å². The molecule has 1 unspecified atom stereocenters. The Balaban J connectivity index is 1.77. The van der Waals surface area contributed by atoms with Crippen molar-refractivity contribution in [2.75, 3.05) is 0 Å². The number of rotatable bonds is 4. The molecule has 1 aromatic carbocycles. The maximum atomic E-state index is 12.0. The van der Waals surface area contributed by atoms with Gasteiger partial charge in [-0.05, 0) is 31.2 Å². The Hall–Kier alpha value is -1.69. The van der Waals surface area contributed by atoms with E-state index in [4.69, 9.17) is 11.6 Å². The van der Waals surface area contributed by atoms with Crippen molar-refractivity contribution in [2.24, 2.45) is 0 Å². The molecular formula is C15H14ClN3OS. The van der Waals surface area contributed by atoms with Gasteiger partial charge in [-0.2, -0.15) is 0 Å². The fraction of sp³-hybridized carbons (Fsp3) is 0.200. The van der Waals surface area contributed by atoms with Gasteiger partial charge in [0.2, 0.25) is 0 Å². The molecule has 0 aliphatic rings. The molecule has 0 fully saturated rings. The van der Waals surface area contributed by atoms with Gasteiger partial charge in [-0.15, -0.1) is 11.3 Å². The fourth-order valence-corrected chi connectivity index (χ4v) is 3.22. The highest BCUT2D eigenvalue weighted by molar-refractivity contribution is 7.16. The van der Waals surface area contributed by atoms with E-state index in [0.717, 1.165) is 9.21 Å². The van der Waals surface area contributed by atoms with Crippen LogP contribution in [0, 0.1) is 0 Å². The number of para-hydroxylation sites is 1. The third kappa shape index (κ3) is 3.15. The minimum atomic E-state index is -0.107. The average Bonchev–Trinajstić information content (AvgIpc) is 2.91. The van der Waals surface area contributed by atoms with E-state index in [-0.39, 0.29) is 11.6 Å². The quantitative estimate of drug-likeness (QED) is 0.774. The molecule has 2 heterocycles. The minimum Gasteiger partial charge on any atom is -0.309 e. The predicted octanol–water partition coefficient (Wildman–Crippen LogP) is 3.49. The van der Waals surface area contributed by atoms with Crippen molar-refractivity contribution in [1.82, 2.24) is 15.3 Å². The molecule has 0 saturated carbocycles. The van der Waals surface area contributed by atoms with Gasteiger partial charge in [0.1, 0.15) is 5.82 Å². The fourth-order valence-electron chi connectivity index (χ4n) is 2.13. The summed E-state index contributed by atoms with van der Waals surface area (Å²) in [6.45, 7) is 2.55. The lowest BCUT2D eigenvalue weighted by atomic mass is 10.2. The monoisotopic (exact) mass is 319 g/mol. The van der Waals surface area contributed by atoms with Crippen LogP contribution >= 0.6 is 22.9 Å². The molecule has 0 bridgehead atoms. The third-order valence-electron chi connectivity index (χ3n) is 3.26. The molecule has 0 aliphatic carbocycles. The molecule has 3 rings (SSSR count).